The zero-order valence-corrected chi connectivity index (χ0v) is 11.8. The SMILES string of the molecule is COc1cc(OC)cc([C@H]2NC(=O)c3ccccc3O2)c1. The number of hydrogen-bond acceptors (Lipinski definition) is 4. The third-order valence-corrected chi connectivity index (χ3v) is 3.32. The minimum atomic E-state index is -0.573. The molecule has 1 amide bonds. The molecule has 1 atom stereocenters. The second-order valence-corrected chi connectivity index (χ2v) is 4.61. The topological polar surface area (TPSA) is 56.8 Å². The molecule has 21 heavy (non-hydrogen) atoms. The van der Waals surface area contributed by atoms with Crippen LogP contribution in [0.5, 0.6) is 17.2 Å². The van der Waals surface area contributed by atoms with Crippen molar-refractivity contribution >= 4 is 5.91 Å². The van der Waals surface area contributed by atoms with E-state index in [1.807, 2.05) is 6.07 Å². The Morgan fingerprint density at radius 2 is 1.71 bits per heavy atom. The molecule has 0 fully saturated rings. The van der Waals surface area contributed by atoms with Gasteiger partial charge in [-0.3, -0.25) is 4.79 Å². The second kappa shape index (κ2) is 5.36. The van der Waals surface area contributed by atoms with Crippen LogP contribution in [0.1, 0.15) is 22.1 Å². The van der Waals surface area contributed by atoms with Crippen molar-refractivity contribution < 1.29 is 19.0 Å². The standard InChI is InChI=1S/C16H15NO4/c1-19-11-7-10(8-12(9-11)20-2)16-17-15(18)13-5-3-4-6-14(13)21-16/h3-9,16H,1-2H3,(H,17,18)/t16-/m0/s1. The third kappa shape index (κ3) is 2.50. The molecular weight excluding hydrogens is 270 g/mol. The van der Waals surface area contributed by atoms with Crippen molar-refractivity contribution in [2.45, 2.75) is 6.23 Å². The van der Waals surface area contributed by atoms with E-state index in [0.717, 1.165) is 5.56 Å². The van der Waals surface area contributed by atoms with E-state index in [0.29, 0.717) is 22.8 Å². The summed E-state index contributed by atoms with van der Waals surface area (Å²) in [5.41, 5.74) is 1.29. The summed E-state index contributed by atoms with van der Waals surface area (Å²) in [4.78, 5) is 12.1. The lowest BCUT2D eigenvalue weighted by molar-refractivity contribution is 0.0755. The van der Waals surface area contributed by atoms with Crippen molar-refractivity contribution in [1.29, 1.82) is 0 Å². The normalized spacial score (nSPS) is 16.5. The Hall–Kier alpha value is -2.69. The molecule has 0 unspecified atom stereocenters. The summed E-state index contributed by atoms with van der Waals surface area (Å²) >= 11 is 0. The Labute approximate surface area is 122 Å². The van der Waals surface area contributed by atoms with Gasteiger partial charge >= 0.3 is 0 Å². The number of methoxy groups -OCH3 is 2. The van der Waals surface area contributed by atoms with Gasteiger partial charge < -0.3 is 19.5 Å². The van der Waals surface area contributed by atoms with Gasteiger partial charge in [0, 0.05) is 11.6 Å². The molecule has 1 aliphatic heterocycles. The molecule has 2 aromatic carbocycles. The number of nitrogens with one attached hydrogen (secondary N) is 1. The fourth-order valence-electron chi connectivity index (χ4n) is 2.24. The first-order chi connectivity index (χ1) is 10.2. The molecule has 0 aliphatic carbocycles. The zero-order chi connectivity index (χ0) is 14.8. The maximum atomic E-state index is 12.1. The lowest BCUT2D eigenvalue weighted by Gasteiger charge is -2.27. The van der Waals surface area contributed by atoms with Crippen LogP contribution in [0, 0.1) is 0 Å². The number of rotatable bonds is 3. The monoisotopic (exact) mass is 285 g/mol. The van der Waals surface area contributed by atoms with E-state index in [2.05, 4.69) is 5.32 Å². The maximum Gasteiger partial charge on any atom is 0.258 e. The van der Waals surface area contributed by atoms with Crippen molar-refractivity contribution in [3.05, 3.63) is 53.6 Å². The van der Waals surface area contributed by atoms with E-state index in [-0.39, 0.29) is 5.91 Å². The predicted octanol–water partition coefficient (Wildman–Crippen LogP) is 2.52. The highest BCUT2D eigenvalue weighted by atomic mass is 16.5. The van der Waals surface area contributed by atoms with Crippen LogP contribution in [0.25, 0.3) is 0 Å². The fraction of sp³-hybridized carbons (Fsp3) is 0.188. The Morgan fingerprint density at radius 1 is 1.05 bits per heavy atom. The molecule has 0 saturated heterocycles. The highest BCUT2D eigenvalue weighted by Crippen LogP contribution is 2.32. The van der Waals surface area contributed by atoms with Gasteiger partial charge in [0.1, 0.15) is 17.2 Å². The van der Waals surface area contributed by atoms with E-state index in [1.54, 1.807) is 50.6 Å². The van der Waals surface area contributed by atoms with Crippen molar-refractivity contribution in [3.8, 4) is 17.2 Å². The van der Waals surface area contributed by atoms with Gasteiger partial charge in [0.15, 0.2) is 6.23 Å². The van der Waals surface area contributed by atoms with E-state index >= 15 is 0 Å². The molecule has 0 saturated carbocycles. The van der Waals surface area contributed by atoms with Gasteiger partial charge in [0.05, 0.1) is 19.8 Å². The van der Waals surface area contributed by atoms with Crippen LogP contribution >= 0.6 is 0 Å². The van der Waals surface area contributed by atoms with Gasteiger partial charge in [-0.25, -0.2) is 0 Å². The first kappa shape index (κ1) is 13.3. The molecule has 5 heteroatoms. The van der Waals surface area contributed by atoms with E-state index in [4.69, 9.17) is 14.2 Å². The zero-order valence-electron chi connectivity index (χ0n) is 11.8. The molecule has 5 nitrogen and oxygen atoms in total. The molecule has 1 N–H and O–H groups in total. The molecule has 0 spiro atoms. The molecule has 1 aliphatic rings. The predicted molar refractivity (Wildman–Crippen MR) is 76.8 cm³/mol. The van der Waals surface area contributed by atoms with E-state index in [1.165, 1.54) is 0 Å². The molecular formula is C16H15NO4. The highest BCUT2D eigenvalue weighted by Gasteiger charge is 2.26. The highest BCUT2D eigenvalue weighted by molar-refractivity contribution is 5.98. The minimum Gasteiger partial charge on any atom is -0.497 e. The molecule has 0 bridgehead atoms. The number of amides is 1. The molecule has 3 rings (SSSR count). The van der Waals surface area contributed by atoms with Crippen LogP contribution in [-0.4, -0.2) is 20.1 Å². The summed E-state index contributed by atoms with van der Waals surface area (Å²) in [6.07, 6.45) is -0.573. The summed E-state index contributed by atoms with van der Waals surface area (Å²) in [6, 6.07) is 12.5. The number of fused-ring (bicyclic) bond motifs is 1. The molecule has 0 radical (unpaired) electrons. The number of carbonyl (C=O) groups is 1. The Morgan fingerprint density at radius 3 is 2.38 bits per heavy atom. The average molecular weight is 285 g/mol. The number of ether oxygens (including phenoxy) is 3. The molecule has 108 valence electrons. The van der Waals surface area contributed by atoms with Crippen LogP contribution in [0.2, 0.25) is 0 Å². The fourth-order valence-corrected chi connectivity index (χ4v) is 2.24. The van der Waals surface area contributed by atoms with Crippen LogP contribution in [0.4, 0.5) is 0 Å². The second-order valence-electron chi connectivity index (χ2n) is 4.61. The number of para-hydroxylation sites is 1. The van der Waals surface area contributed by atoms with E-state index in [9.17, 15) is 4.79 Å². The first-order valence-electron chi connectivity index (χ1n) is 6.51. The Bertz CT molecular complexity index is 661. The summed E-state index contributed by atoms with van der Waals surface area (Å²) in [5.74, 6) is 1.68. The van der Waals surface area contributed by atoms with Crippen molar-refractivity contribution in [3.63, 3.8) is 0 Å². The van der Waals surface area contributed by atoms with Gasteiger partial charge in [-0.1, -0.05) is 12.1 Å². The van der Waals surface area contributed by atoms with Crippen LogP contribution in [0.15, 0.2) is 42.5 Å². The quantitative estimate of drug-likeness (QED) is 0.941. The maximum absolute atomic E-state index is 12.1. The summed E-state index contributed by atoms with van der Waals surface area (Å²) in [6.45, 7) is 0. The number of carbonyl (C=O) groups excluding carboxylic acids is 1. The smallest absolute Gasteiger partial charge is 0.258 e. The molecule has 0 aromatic heterocycles. The van der Waals surface area contributed by atoms with Crippen LogP contribution in [0.3, 0.4) is 0 Å². The van der Waals surface area contributed by atoms with Crippen LogP contribution in [-0.2, 0) is 0 Å². The first-order valence-corrected chi connectivity index (χ1v) is 6.51. The van der Waals surface area contributed by atoms with Gasteiger partial charge in [0.2, 0.25) is 0 Å². The minimum absolute atomic E-state index is 0.163. The average Bonchev–Trinajstić information content (AvgIpc) is 2.54. The molecule has 1 heterocycles. The summed E-state index contributed by atoms with van der Waals surface area (Å²) in [5, 5.41) is 2.82. The van der Waals surface area contributed by atoms with Gasteiger partial charge in [0.25, 0.3) is 5.91 Å². The third-order valence-electron chi connectivity index (χ3n) is 3.32. The van der Waals surface area contributed by atoms with E-state index < -0.39 is 6.23 Å². The summed E-state index contributed by atoms with van der Waals surface area (Å²) < 4.78 is 16.3. The Balaban J connectivity index is 1.97. The van der Waals surface area contributed by atoms with Crippen molar-refractivity contribution in [1.82, 2.24) is 5.32 Å². The van der Waals surface area contributed by atoms with Crippen molar-refractivity contribution in [2.75, 3.05) is 14.2 Å². The number of benzene rings is 2. The van der Waals surface area contributed by atoms with Crippen molar-refractivity contribution in [2.24, 2.45) is 0 Å². The number of hydrogen-bond donors (Lipinski definition) is 1. The molecule has 2 aromatic rings. The lowest BCUT2D eigenvalue weighted by atomic mass is 10.1. The largest absolute Gasteiger partial charge is 0.497 e. The Kier molecular flexibility index (Phi) is 3.39. The van der Waals surface area contributed by atoms with Gasteiger partial charge in [-0.15, -0.1) is 0 Å². The summed E-state index contributed by atoms with van der Waals surface area (Å²) in [7, 11) is 3.16. The lowest BCUT2D eigenvalue weighted by Crippen LogP contribution is -2.36. The van der Waals surface area contributed by atoms with Gasteiger partial charge in [-0.2, -0.15) is 0 Å². The van der Waals surface area contributed by atoms with Gasteiger partial charge in [-0.05, 0) is 24.3 Å². The van der Waals surface area contributed by atoms with Crippen LogP contribution < -0.4 is 19.5 Å².